The van der Waals surface area contributed by atoms with Gasteiger partial charge in [-0.3, -0.25) is 4.79 Å². The molecular formula is C12H13BrClFN2O4. The van der Waals surface area contributed by atoms with E-state index in [2.05, 4.69) is 21.2 Å². The molecule has 0 aliphatic rings. The second-order valence-corrected chi connectivity index (χ2v) is 5.24. The van der Waals surface area contributed by atoms with Crippen molar-refractivity contribution in [1.29, 1.82) is 0 Å². The van der Waals surface area contributed by atoms with Crippen molar-refractivity contribution in [3.63, 3.8) is 0 Å². The fourth-order valence-electron chi connectivity index (χ4n) is 1.46. The first-order chi connectivity index (χ1) is 9.85. The summed E-state index contributed by atoms with van der Waals surface area (Å²) in [6.45, 7) is -0.226. The van der Waals surface area contributed by atoms with Crippen LogP contribution in [0.5, 0.6) is 0 Å². The number of aliphatic carboxylic acids is 1. The van der Waals surface area contributed by atoms with E-state index in [1.165, 1.54) is 7.11 Å². The molecule has 0 saturated carbocycles. The number of hydrogen-bond donors (Lipinski definition) is 2. The number of nitrogens with zero attached hydrogens (tertiary/aromatic N) is 1. The lowest BCUT2D eigenvalue weighted by atomic mass is 10.3. The zero-order chi connectivity index (χ0) is 16.0. The smallest absolute Gasteiger partial charge is 0.323 e. The Morgan fingerprint density at radius 3 is 2.71 bits per heavy atom. The van der Waals surface area contributed by atoms with E-state index in [1.807, 2.05) is 0 Å². The van der Waals surface area contributed by atoms with E-state index in [4.69, 9.17) is 21.4 Å². The van der Waals surface area contributed by atoms with Crippen molar-refractivity contribution in [3.05, 3.63) is 27.4 Å². The summed E-state index contributed by atoms with van der Waals surface area (Å²) in [6.07, 6.45) is 0. The van der Waals surface area contributed by atoms with Crippen LogP contribution in [0.2, 0.25) is 5.02 Å². The number of urea groups is 1. The number of nitrogens with one attached hydrogen (secondary N) is 1. The minimum atomic E-state index is -1.16. The molecule has 116 valence electrons. The van der Waals surface area contributed by atoms with Crippen LogP contribution in [0.15, 0.2) is 16.6 Å². The topological polar surface area (TPSA) is 78.9 Å². The Labute approximate surface area is 133 Å². The van der Waals surface area contributed by atoms with Gasteiger partial charge in [0.2, 0.25) is 0 Å². The lowest BCUT2D eigenvalue weighted by molar-refractivity contribution is -0.137. The van der Waals surface area contributed by atoms with Gasteiger partial charge in [0.15, 0.2) is 0 Å². The fourth-order valence-corrected chi connectivity index (χ4v) is 2.36. The Balaban J connectivity index is 2.88. The molecule has 0 atom stereocenters. The van der Waals surface area contributed by atoms with Gasteiger partial charge < -0.3 is 20.1 Å². The maximum atomic E-state index is 13.1. The first-order valence-corrected chi connectivity index (χ1v) is 6.93. The molecule has 2 N–H and O–H groups in total. The molecule has 0 unspecified atom stereocenters. The SMILES string of the molecule is COCCN(CC(=O)O)C(=O)Nc1c(Cl)cc(F)cc1Br. The third-order valence-corrected chi connectivity index (χ3v) is 3.34. The molecule has 0 saturated heterocycles. The van der Waals surface area contributed by atoms with Crippen LogP contribution in [0.25, 0.3) is 0 Å². The number of ether oxygens (including phenoxy) is 1. The van der Waals surface area contributed by atoms with E-state index >= 15 is 0 Å². The molecule has 0 spiro atoms. The fraction of sp³-hybridized carbons (Fsp3) is 0.333. The van der Waals surface area contributed by atoms with Gasteiger partial charge in [-0.1, -0.05) is 11.6 Å². The summed E-state index contributed by atoms with van der Waals surface area (Å²) in [5.74, 6) is -1.72. The summed E-state index contributed by atoms with van der Waals surface area (Å²) < 4.78 is 18.2. The molecule has 0 aromatic heterocycles. The van der Waals surface area contributed by atoms with E-state index in [0.717, 1.165) is 17.0 Å². The van der Waals surface area contributed by atoms with Gasteiger partial charge in [0.25, 0.3) is 0 Å². The second kappa shape index (κ2) is 8.16. The highest BCUT2D eigenvalue weighted by molar-refractivity contribution is 9.10. The third-order valence-electron chi connectivity index (χ3n) is 2.42. The van der Waals surface area contributed by atoms with Gasteiger partial charge in [0, 0.05) is 18.1 Å². The lowest BCUT2D eigenvalue weighted by Gasteiger charge is -2.21. The standard InChI is InChI=1S/C12H13BrClFN2O4/c1-21-3-2-17(6-10(18)19)12(20)16-11-8(13)4-7(15)5-9(11)14/h4-5H,2-3,6H2,1H3,(H,16,20)(H,18,19). The zero-order valence-electron chi connectivity index (χ0n) is 11.0. The third kappa shape index (κ3) is 5.49. The predicted octanol–water partition coefficient (Wildman–Crippen LogP) is 2.81. The number of halogens is 3. The summed E-state index contributed by atoms with van der Waals surface area (Å²) in [7, 11) is 1.43. The van der Waals surface area contributed by atoms with Crippen molar-refractivity contribution >= 4 is 45.2 Å². The predicted molar refractivity (Wildman–Crippen MR) is 79.2 cm³/mol. The van der Waals surface area contributed by atoms with Crippen LogP contribution in [-0.2, 0) is 9.53 Å². The van der Waals surface area contributed by atoms with Crippen molar-refractivity contribution in [2.24, 2.45) is 0 Å². The van der Waals surface area contributed by atoms with Gasteiger partial charge in [-0.05, 0) is 28.1 Å². The van der Waals surface area contributed by atoms with Crippen LogP contribution in [-0.4, -0.2) is 48.8 Å². The maximum Gasteiger partial charge on any atom is 0.323 e. The Bertz CT molecular complexity index is 521. The molecular weight excluding hydrogens is 370 g/mol. The van der Waals surface area contributed by atoms with Crippen molar-refractivity contribution in [2.75, 3.05) is 32.1 Å². The van der Waals surface area contributed by atoms with Crippen LogP contribution >= 0.6 is 27.5 Å². The minimum Gasteiger partial charge on any atom is -0.480 e. The summed E-state index contributed by atoms with van der Waals surface area (Å²) in [6, 6.07) is 1.50. The summed E-state index contributed by atoms with van der Waals surface area (Å²) in [4.78, 5) is 23.9. The molecule has 9 heteroatoms. The largest absolute Gasteiger partial charge is 0.480 e. The van der Waals surface area contributed by atoms with E-state index in [1.54, 1.807) is 0 Å². The highest BCUT2D eigenvalue weighted by Crippen LogP contribution is 2.31. The number of carboxylic acids is 1. The summed E-state index contributed by atoms with van der Waals surface area (Å²) in [5.41, 5.74) is 0.163. The van der Waals surface area contributed by atoms with E-state index < -0.39 is 24.4 Å². The molecule has 0 fully saturated rings. The molecule has 1 aromatic rings. The molecule has 6 nitrogen and oxygen atoms in total. The van der Waals surface area contributed by atoms with Gasteiger partial charge >= 0.3 is 12.0 Å². The average Bonchev–Trinajstić information content (AvgIpc) is 2.38. The maximum absolute atomic E-state index is 13.1. The number of carboxylic acid groups (broad SMARTS) is 1. The molecule has 0 bridgehead atoms. The molecule has 0 aliphatic heterocycles. The zero-order valence-corrected chi connectivity index (χ0v) is 13.4. The van der Waals surface area contributed by atoms with Gasteiger partial charge in [-0.2, -0.15) is 0 Å². The number of carbonyl (C=O) groups is 2. The first kappa shape index (κ1) is 17.7. The highest BCUT2D eigenvalue weighted by atomic mass is 79.9. The second-order valence-electron chi connectivity index (χ2n) is 3.98. The molecule has 0 heterocycles. The van der Waals surface area contributed by atoms with Crippen LogP contribution in [0.3, 0.4) is 0 Å². The van der Waals surface area contributed by atoms with Crippen LogP contribution in [0, 0.1) is 5.82 Å². The average molecular weight is 384 g/mol. The molecule has 0 radical (unpaired) electrons. The lowest BCUT2D eigenvalue weighted by Crippen LogP contribution is -2.40. The van der Waals surface area contributed by atoms with Crippen molar-refractivity contribution in [2.45, 2.75) is 0 Å². The van der Waals surface area contributed by atoms with Gasteiger partial charge in [-0.25, -0.2) is 9.18 Å². The number of benzene rings is 1. The Morgan fingerprint density at radius 1 is 1.52 bits per heavy atom. The minimum absolute atomic E-state index is 0.00255. The Morgan fingerprint density at radius 2 is 2.19 bits per heavy atom. The number of methoxy groups -OCH3 is 1. The first-order valence-electron chi connectivity index (χ1n) is 5.76. The number of amides is 2. The van der Waals surface area contributed by atoms with Crippen LogP contribution in [0.1, 0.15) is 0 Å². The molecule has 0 aliphatic carbocycles. The number of anilines is 1. The quantitative estimate of drug-likeness (QED) is 0.792. The molecule has 21 heavy (non-hydrogen) atoms. The summed E-state index contributed by atoms with van der Waals surface area (Å²) in [5, 5.41) is 11.2. The van der Waals surface area contributed by atoms with E-state index in [0.29, 0.717) is 0 Å². The Kier molecular flexibility index (Phi) is 6.86. The van der Waals surface area contributed by atoms with Crippen LogP contribution in [0.4, 0.5) is 14.9 Å². The summed E-state index contributed by atoms with van der Waals surface area (Å²) >= 11 is 8.93. The van der Waals surface area contributed by atoms with E-state index in [-0.39, 0.29) is 28.3 Å². The van der Waals surface area contributed by atoms with Crippen molar-refractivity contribution in [1.82, 2.24) is 4.90 Å². The van der Waals surface area contributed by atoms with Gasteiger partial charge in [0.05, 0.1) is 17.3 Å². The van der Waals surface area contributed by atoms with Crippen molar-refractivity contribution in [3.8, 4) is 0 Å². The number of carbonyl (C=O) groups excluding carboxylic acids is 1. The van der Waals surface area contributed by atoms with Crippen molar-refractivity contribution < 1.29 is 23.8 Å². The highest BCUT2D eigenvalue weighted by Gasteiger charge is 2.19. The Hall–Kier alpha value is -1.38. The van der Waals surface area contributed by atoms with Gasteiger partial charge in [0.1, 0.15) is 12.4 Å². The van der Waals surface area contributed by atoms with E-state index in [9.17, 15) is 14.0 Å². The molecule has 2 amide bonds. The van der Waals surface area contributed by atoms with Crippen LogP contribution < -0.4 is 5.32 Å². The monoisotopic (exact) mass is 382 g/mol. The normalized spacial score (nSPS) is 10.3. The molecule has 1 rings (SSSR count). The number of rotatable bonds is 6. The number of hydrogen-bond acceptors (Lipinski definition) is 3. The molecule has 1 aromatic carbocycles. The van der Waals surface area contributed by atoms with Gasteiger partial charge in [-0.15, -0.1) is 0 Å².